The molecule has 0 aliphatic carbocycles. The zero-order valence-corrected chi connectivity index (χ0v) is 11.7. The van der Waals surface area contributed by atoms with Gasteiger partial charge in [0, 0.05) is 24.2 Å². The van der Waals surface area contributed by atoms with Gasteiger partial charge in [-0.15, -0.1) is 0 Å². The zero-order valence-electron chi connectivity index (χ0n) is 10.9. The van der Waals surface area contributed by atoms with Gasteiger partial charge in [0.15, 0.2) is 5.82 Å². The molecule has 0 aliphatic heterocycles. The summed E-state index contributed by atoms with van der Waals surface area (Å²) < 4.78 is 14.5. The van der Waals surface area contributed by atoms with Crippen LogP contribution in [0.4, 0.5) is 5.13 Å². The fraction of sp³-hybridized carbons (Fsp3) is 0.545. The predicted octanol–water partition coefficient (Wildman–Crippen LogP) is 2.33. The van der Waals surface area contributed by atoms with Gasteiger partial charge >= 0.3 is 0 Å². The molecule has 6 nitrogen and oxygen atoms in total. The molecule has 18 heavy (non-hydrogen) atoms. The lowest BCUT2D eigenvalue weighted by Gasteiger charge is -2.18. The summed E-state index contributed by atoms with van der Waals surface area (Å²) in [4.78, 5) is 4.39. The molecule has 0 atom stereocenters. The first kappa shape index (κ1) is 13.0. The second-order valence-electron chi connectivity index (χ2n) is 4.44. The van der Waals surface area contributed by atoms with Crippen LogP contribution in [0, 0.1) is 6.92 Å². The Morgan fingerprint density at radius 3 is 2.89 bits per heavy atom. The van der Waals surface area contributed by atoms with Crippen LogP contribution < -0.4 is 5.32 Å². The molecular formula is C11H16N4O2S. The van der Waals surface area contributed by atoms with Crippen molar-refractivity contribution >= 4 is 16.7 Å². The third-order valence-corrected chi connectivity index (χ3v) is 3.40. The highest BCUT2D eigenvalue weighted by Gasteiger charge is 2.24. The third kappa shape index (κ3) is 2.68. The van der Waals surface area contributed by atoms with E-state index in [-0.39, 0.29) is 0 Å². The molecule has 7 heteroatoms. The molecule has 0 aliphatic rings. The minimum atomic E-state index is -0.472. The lowest BCUT2D eigenvalue weighted by atomic mass is 10.1. The molecule has 0 bridgehead atoms. The molecule has 0 radical (unpaired) electrons. The number of rotatable bonds is 5. The maximum atomic E-state index is 5.33. The monoisotopic (exact) mass is 268 g/mol. The maximum Gasteiger partial charge on any atom is 0.203 e. The fourth-order valence-electron chi connectivity index (χ4n) is 1.27. The van der Waals surface area contributed by atoms with Crippen LogP contribution in [0.25, 0.3) is 0 Å². The van der Waals surface area contributed by atoms with E-state index in [1.165, 1.54) is 11.5 Å². The Kier molecular flexibility index (Phi) is 3.63. The molecule has 0 unspecified atom stereocenters. The number of ether oxygens (including phenoxy) is 1. The Labute approximate surface area is 110 Å². The highest BCUT2D eigenvalue weighted by atomic mass is 32.1. The van der Waals surface area contributed by atoms with Crippen molar-refractivity contribution in [2.75, 3.05) is 12.4 Å². The SMILES string of the molecule is COC(C)(C)c1nsc(NCc2nocc2C)n1. The summed E-state index contributed by atoms with van der Waals surface area (Å²) in [5.74, 6) is 0.675. The van der Waals surface area contributed by atoms with E-state index < -0.39 is 5.60 Å². The molecule has 98 valence electrons. The second kappa shape index (κ2) is 5.03. The summed E-state index contributed by atoms with van der Waals surface area (Å²) in [6.45, 7) is 6.39. The number of aryl methyl sites for hydroxylation is 1. The minimum Gasteiger partial charge on any atom is -0.371 e. The van der Waals surface area contributed by atoms with Crippen molar-refractivity contribution in [3.63, 3.8) is 0 Å². The van der Waals surface area contributed by atoms with Gasteiger partial charge in [-0.1, -0.05) is 5.16 Å². The lowest BCUT2D eigenvalue weighted by molar-refractivity contribution is 0.0126. The van der Waals surface area contributed by atoms with Gasteiger partial charge in [-0.2, -0.15) is 4.37 Å². The fourth-order valence-corrected chi connectivity index (χ4v) is 1.97. The molecule has 2 rings (SSSR count). The summed E-state index contributed by atoms with van der Waals surface area (Å²) in [6.07, 6.45) is 1.62. The number of anilines is 1. The van der Waals surface area contributed by atoms with Crippen molar-refractivity contribution in [1.82, 2.24) is 14.5 Å². The van der Waals surface area contributed by atoms with Gasteiger partial charge in [-0.05, 0) is 20.8 Å². The first-order valence-corrected chi connectivity index (χ1v) is 6.33. The summed E-state index contributed by atoms with van der Waals surface area (Å²) in [7, 11) is 1.65. The van der Waals surface area contributed by atoms with Crippen molar-refractivity contribution in [2.24, 2.45) is 0 Å². The van der Waals surface area contributed by atoms with Gasteiger partial charge in [0.1, 0.15) is 17.6 Å². The van der Waals surface area contributed by atoms with E-state index in [1.54, 1.807) is 13.4 Å². The molecule has 2 heterocycles. The standard InChI is InChI=1S/C11H16N4O2S/c1-7-6-17-14-8(7)5-12-10-13-9(15-18-10)11(2,3)16-4/h6H,5H2,1-4H3,(H,12,13,15). The number of hydrogen-bond donors (Lipinski definition) is 1. The summed E-state index contributed by atoms with van der Waals surface area (Å²) in [5, 5.41) is 7.82. The molecule has 0 spiro atoms. The maximum absolute atomic E-state index is 5.33. The molecule has 0 saturated carbocycles. The van der Waals surface area contributed by atoms with Crippen LogP contribution in [0.15, 0.2) is 10.8 Å². The van der Waals surface area contributed by atoms with Crippen LogP contribution in [-0.4, -0.2) is 21.6 Å². The van der Waals surface area contributed by atoms with E-state index >= 15 is 0 Å². The number of hydrogen-bond acceptors (Lipinski definition) is 7. The smallest absolute Gasteiger partial charge is 0.203 e. The molecule has 0 aromatic carbocycles. The molecule has 2 aromatic rings. The highest BCUT2D eigenvalue weighted by molar-refractivity contribution is 7.09. The minimum absolute atomic E-state index is 0.472. The molecule has 2 aromatic heterocycles. The van der Waals surface area contributed by atoms with E-state index in [0.717, 1.165) is 16.4 Å². The Morgan fingerprint density at radius 1 is 1.50 bits per heavy atom. The molecule has 0 amide bonds. The van der Waals surface area contributed by atoms with Gasteiger partial charge < -0.3 is 14.6 Å². The molecule has 0 saturated heterocycles. The first-order chi connectivity index (χ1) is 8.53. The van der Waals surface area contributed by atoms with Gasteiger partial charge in [-0.3, -0.25) is 0 Å². The Morgan fingerprint density at radius 2 is 2.28 bits per heavy atom. The van der Waals surface area contributed by atoms with Crippen LogP contribution in [0.3, 0.4) is 0 Å². The Bertz CT molecular complexity index is 521. The third-order valence-electron chi connectivity index (χ3n) is 2.73. The van der Waals surface area contributed by atoms with Crippen LogP contribution >= 0.6 is 11.5 Å². The van der Waals surface area contributed by atoms with Crippen molar-refractivity contribution in [3.05, 3.63) is 23.3 Å². The average Bonchev–Trinajstić information content (AvgIpc) is 2.96. The Hall–Kier alpha value is -1.47. The van der Waals surface area contributed by atoms with E-state index in [9.17, 15) is 0 Å². The number of nitrogens with one attached hydrogen (secondary N) is 1. The summed E-state index contributed by atoms with van der Waals surface area (Å²) in [5.41, 5.74) is 1.42. The van der Waals surface area contributed by atoms with Crippen molar-refractivity contribution < 1.29 is 9.26 Å². The van der Waals surface area contributed by atoms with Crippen LogP contribution in [-0.2, 0) is 16.9 Å². The first-order valence-electron chi connectivity index (χ1n) is 5.56. The topological polar surface area (TPSA) is 73.1 Å². The average molecular weight is 268 g/mol. The van der Waals surface area contributed by atoms with Gasteiger partial charge in [0.25, 0.3) is 0 Å². The van der Waals surface area contributed by atoms with Crippen molar-refractivity contribution in [1.29, 1.82) is 0 Å². The van der Waals surface area contributed by atoms with Crippen molar-refractivity contribution in [2.45, 2.75) is 32.9 Å². The molecule has 0 fully saturated rings. The van der Waals surface area contributed by atoms with Gasteiger partial charge in [0.05, 0.1) is 6.54 Å². The number of aromatic nitrogens is 3. The highest BCUT2D eigenvalue weighted by Crippen LogP contribution is 2.24. The van der Waals surface area contributed by atoms with E-state index in [4.69, 9.17) is 9.26 Å². The van der Waals surface area contributed by atoms with Gasteiger partial charge in [0.2, 0.25) is 5.13 Å². The summed E-state index contributed by atoms with van der Waals surface area (Å²) >= 11 is 1.31. The number of methoxy groups -OCH3 is 1. The normalized spacial score (nSPS) is 11.8. The molecule has 1 N–H and O–H groups in total. The predicted molar refractivity (Wildman–Crippen MR) is 68.5 cm³/mol. The van der Waals surface area contributed by atoms with E-state index in [2.05, 4.69) is 19.8 Å². The quantitative estimate of drug-likeness (QED) is 0.897. The van der Waals surface area contributed by atoms with Crippen LogP contribution in [0.2, 0.25) is 0 Å². The molecular weight excluding hydrogens is 252 g/mol. The lowest BCUT2D eigenvalue weighted by Crippen LogP contribution is -2.21. The summed E-state index contributed by atoms with van der Waals surface area (Å²) in [6, 6.07) is 0. The van der Waals surface area contributed by atoms with Crippen molar-refractivity contribution in [3.8, 4) is 0 Å². The largest absolute Gasteiger partial charge is 0.371 e. The van der Waals surface area contributed by atoms with E-state index in [1.807, 2.05) is 20.8 Å². The van der Waals surface area contributed by atoms with Crippen LogP contribution in [0.5, 0.6) is 0 Å². The second-order valence-corrected chi connectivity index (χ2v) is 5.19. The van der Waals surface area contributed by atoms with Crippen LogP contribution in [0.1, 0.15) is 30.9 Å². The van der Waals surface area contributed by atoms with Gasteiger partial charge in [-0.25, -0.2) is 4.98 Å². The van der Waals surface area contributed by atoms with E-state index in [0.29, 0.717) is 12.4 Å². The Balaban J connectivity index is 2.01. The number of nitrogens with zero attached hydrogens (tertiary/aromatic N) is 3. The zero-order chi connectivity index (χ0) is 13.2.